The highest BCUT2D eigenvalue weighted by atomic mass is 19.1. The van der Waals surface area contributed by atoms with Crippen LogP contribution in [0.25, 0.3) is 22.0 Å². The molecule has 1 fully saturated rings. The summed E-state index contributed by atoms with van der Waals surface area (Å²) in [5, 5.41) is 4.16. The number of pyridine rings is 3. The quantitative estimate of drug-likeness (QED) is 0.756. The van der Waals surface area contributed by atoms with Crippen LogP contribution >= 0.6 is 0 Å². The number of nitrogen functional groups attached to an aromatic ring is 1. The molecule has 0 radical (unpaired) electrons. The molecule has 26 heavy (non-hydrogen) atoms. The van der Waals surface area contributed by atoms with E-state index in [4.69, 9.17) is 5.73 Å². The van der Waals surface area contributed by atoms with Crippen molar-refractivity contribution in [1.82, 2.24) is 15.0 Å². The number of hydrogen-bond acceptors (Lipinski definition) is 5. The summed E-state index contributed by atoms with van der Waals surface area (Å²) < 4.78 is 13.0. The number of nitrogens with one attached hydrogen (secondary N) is 1. The highest BCUT2D eigenvalue weighted by Crippen LogP contribution is 2.35. The molecule has 6 nitrogen and oxygen atoms in total. The number of fused-ring (bicyclic) bond motifs is 1. The molecule has 1 aliphatic carbocycles. The molecule has 0 unspecified atom stereocenters. The van der Waals surface area contributed by atoms with Crippen LogP contribution in [0.1, 0.15) is 17.7 Å². The summed E-state index contributed by atoms with van der Waals surface area (Å²) in [7, 11) is 0. The first-order valence-electron chi connectivity index (χ1n) is 8.38. The average Bonchev–Trinajstić information content (AvgIpc) is 3.31. The van der Waals surface area contributed by atoms with Gasteiger partial charge in [-0.15, -0.1) is 0 Å². The second-order valence-electron chi connectivity index (χ2n) is 6.62. The zero-order chi connectivity index (χ0) is 18.4. The maximum Gasteiger partial charge on any atom is 0.231 e. The van der Waals surface area contributed by atoms with Gasteiger partial charge in [-0.2, -0.15) is 0 Å². The maximum atomic E-state index is 13.0. The molecular formula is C19H18FN5O. The lowest BCUT2D eigenvalue weighted by Gasteiger charge is -2.11. The summed E-state index contributed by atoms with van der Waals surface area (Å²) in [6.45, 7) is 3.92. The maximum absolute atomic E-state index is 13.0. The molecule has 0 aliphatic heterocycles. The van der Waals surface area contributed by atoms with E-state index in [-0.39, 0.29) is 12.3 Å². The zero-order valence-corrected chi connectivity index (χ0v) is 14.5. The van der Waals surface area contributed by atoms with Crippen LogP contribution in [0.15, 0.2) is 30.6 Å². The van der Waals surface area contributed by atoms with E-state index in [1.54, 1.807) is 18.5 Å². The third-order valence-electron chi connectivity index (χ3n) is 4.65. The number of carbonyl (C=O) groups excluding carboxylic acids is 1. The monoisotopic (exact) mass is 351 g/mol. The Morgan fingerprint density at radius 1 is 1.31 bits per heavy atom. The molecule has 2 atom stereocenters. The topological polar surface area (TPSA) is 93.8 Å². The number of halogens is 1. The molecule has 1 amide bonds. The fraction of sp³-hybridized carbons (Fsp3) is 0.263. The van der Waals surface area contributed by atoms with Crippen molar-refractivity contribution in [2.45, 2.75) is 26.4 Å². The van der Waals surface area contributed by atoms with Crippen LogP contribution in [0, 0.1) is 19.8 Å². The Labute approximate surface area is 149 Å². The van der Waals surface area contributed by atoms with Gasteiger partial charge < -0.3 is 11.1 Å². The summed E-state index contributed by atoms with van der Waals surface area (Å²) in [6.07, 6.45) is 2.56. The molecule has 3 heterocycles. The Bertz CT molecular complexity index is 1020. The predicted molar refractivity (Wildman–Crippen MR) is 98.3 cm³/mol. The molecule has 0 spiro atoms. The number of aromatic nitrogens is 3. The van der Waals surface area contributed by atoms with Crippen molar-refractivity contribution in [1.29, 1.82) is 0 Å². The lowest BCUT2D eigenvalue weighted by atomic mass is 10.0. The number of nitrogens with two attached hydrogens (primary N) is 1. The third kappa shape index (κ3) is 2.85. The van der Waals surface area contributed by atoms with E-state index in [0.717, 1.165) is 22.2 Å². The Morgan fingerprint density at radius 2 is 2.08 bits per heavy atom. The Morgan fingerprint density at radius 3 is 2.77 bits per heavy atom. The van der Waals surface area contributed by atoms with E-state index in [0.29, 0.717) is 22.7 Å². The number of alkyl halides is 1. The van der Waals surface area contributed by atoms with Crippen molar-refractivity contribution >= 4 is 28.3 Å². The number of nitrogens with zero attached hydrogens (tertiary/aromatic N) is 3. The smallest absolute Gasteiger partial charge is 0.231 e. The van der Waals surface area contributed by atoms with Crippen LogP contribution in [0.2, 0.25) is 0 Å². The van der Waals surface area contributed by atoms with Gasteiger partial charge in [-0.1, -0.05) is 0 Å². The summed E-state index contributed by atoms with van der Waals surface area (Å²) in [5.74, 6) is -0.175. The molecule has 0 aromatic carbocycles. The van der Waals surface area contributed by atoms with Gasteiger partial charge in [0.25, 0.3) is 0 Å². The highest BCUT2D eigenvalue weighted by Gasteiger charge is 2.43. The molecule has 7 heteroatoms. The fourth-order valence-corrected chi connectivity index (χ4v) is 3.11. The van der Waals surface area contributed by atoms with Gasteiger partial charge in [-0.25, -0.2) is 14.4 Å². The van der Waals surface area contributed by atoms with Crippen LogP contribution in [-0.2, 0) is 4.79 Å². The molecule has 3 aromatic heterocycles. The summed E-state index contributed by atoms with van der Waals surface area (Å²) >= 11 is 0. The van der Waals surface area contributed by atoms with Crippen molar-refractivity contribution in [2.75, 3.05) is 11.1 Å². The van der Waals surface area contributed by atoms with E-state index in [9.17, 15) is 9.18 Å². The first kappa shape index (κ1) is 16.4. The average molecular weight is 351 g/mol. The van der Waals surface area contributed by atoms with Gasteiger partial charge in [0.2, 0.25) is 5.91 Å². The number of carbonyl (C=O) groups is 1. The van der Waals surface area contributed by atoms with Gasteiger partial charge in [0.15, 0.2) is 0 Å². The van der Waals surface area contributed by atoms with Crippen LogP contribution in [0.4, 0.5) is 16.0 Å². The fourth-order valence-electron chi connectivity index (χ4n) is 3.11. The van der Waals surface area contributed by atoms with Crippen molar-refractivity contribution in [3.05, 3.63) is 41.9 Å². The lowest BCUT2D eigenvalue weighted by molar-refractivity contribution is -0.117. The van der Waals surface area contributed by atoms with Crippen LogP contribution in [-0.4, -0.2) is 27.0 Å². The molecule has 0 saturated heterocycles. The van der Waals surface area contributed by atoms with E-state index in [1.807, 2.05) is 26.0 Å². The second kappa shape index (κ2) is 6.01. The first-order valence-corrected chi connectivity index (χ1v) is 8.38. The van der Waals surface area contributed by atoms with Gasteiger partial charge in [-0.05, 0) is 49.4 Å². The van der Waals surface area contributed by atoms with Crippen LogP contribution in [0.3, 0.4) is 0 Å². The number of aryl methyl sites for hydroxylation is 2. The molecule has 1 saturated carbocycles. The van der Waals surface area contributed by atoms with E-state index >= 15 is 0 Å². The normalized spacial score (nSPS) is 18.7. The van der Waals surface area contributed by atoms with Gasteiger partial charge in [0, 0.05) is 29.0 Å². The first-order chi connectivity index (χ1) is 12.4. The Hall–Kier alpha value is -3.09. The minimum absolute atomic E-state index is 0.278. The Balaban J connectivity index is 1.76. The van der Waals surface area contributed by atoms with Crippen LogP contribution < -0.4 is 11.1 Å². The second-order valence-corrected chi connectivity index (χ2v) is 6.62. The zero-order valence-electron chi connectivity index (χ0n) is 14.5. The molecule has 132 valence electrons. The van der Waals surface area contributed by atoms with Crippen molar-refractivity contribution in [3.8, 4) is 11.3 Å². The van der Waals surface area contributed by atoms with Gasteiger partial charge >= 0.3 is 0 Å². The Kier molecular flexibility index (Phi) is 3.79. The van der Waals surface area contributed by atoms with Crippen molar-refractivity contribution < 1.29 is 9.18 Å². The number of anilines is 2. The standard InChI is InChI=1S/C19H18FN5O/c1-9-3-4-22-10(2)17(9)15-5-11-6-16(23-8-13(11)18(21)24-15)25-19(26)12-7-14(12)20/h3-6,8,12,14H,7H2,1-2H3,(H2,21,24)(H,23,25,26)/t12-,14+/m0/s1. The van der Waals surface area contributed by atoms with E-state index < -0.39 is 12.1 Å². The summed E-state index contributed by atoms with van der Waals surface area (Å²) in [6, 6.07) is 5.55. The SMILES string of the molecule is Cc1ccnc(C)c1-c1cc2cc(NC(=O)[C@H]3C[C@H]3F)ncc2c(N)n1. The largest absolute Gasteiger partial charge is 0.383 e. The predicted octanol–water partition coefficient (Wildman–Crippen LogP) is 3.19. The van der Waals surface area contributed by atoms with Crippen LogP contribution in [0.5, 0.6) is 0 Å². The van der Waals surface area contributed by atoms with E-state index in [1.165, 1.54) is 0 Å². The van der Waals surface area contributed by atoms with Gasteiger partial charge in [0.1, 0.15) is 17.8 Å². The minimum Gasteiger partial charge on any atom is -0.383 e. The van der Waals surface area contributed by atoms with Gasteiger partial charge in [0.05, 0.1) is 11.6 Å². The molecule has 3 aromatic rings. The molecule has 3 N–H and O–H groups in total. The number of rotatable bonds is 3. The lowest BCUT2D eigenvalue weighted by Crippen LogP contribution is -2.15. The third-order valence-corrected chi connectivity index (χ3v) is 4.65. The van der Waals surface area contributed by atoms with Gasteiger partial charge in [-0.3, -0.25) is 9.78 Å². The van der Waals surface area contributed by atoms with Crippen molar-refractivity contribution in [3.63, 3.8) is 0 Å². The van der Waals surface area contributed by atoms with Crippen molar-refractivity contribution in [2.24, 2.45) is 5.92 Å². The summed E-state index contributed by atoms with van der Waals surface area (Å²) in [5.41, 5.74) is 9.67. The molecule has 1 aliphatic rings. The number of hydrogen-bond donors (Lipinski definition) is 2. The highest BCUT2D eigenvalue weighted by molar-refractivity contribution is 5.98. The summed E-state index contributed by atoms with van der Waals surface area (Å²) in [4.78, 5) is 24.9. The molecular weight excluding hydrogens is 333 g/mol. The molecule has 0 bridgehead atoms. The molecule has 4 rings (SSSR count). The minimum atomic E-state index is -1.04. The number of amides is 1. The van der Waals surface area contributed by atoms with E-state index in [2.05, 4.69) is 20.3 Å².